The Labute approximate surface area is 137 Å². The number of nitrogens with one attached hydrogen (secondary N) is 1. The van der Waals surface area contributed by atoms with Crippen LogP contribution in [-0.4, -0.2) is 57.6 Å². The van der Waals surface area contributed by atoms with Gasteiger partial charge in [0.15, 0.2) is 14.9 Å². The van der Waals surface area contributed by atoms with E-state index in [2.05, 4.69) is 10.3 Å². The summed E-state index contributed by atoms with van der Waals surface area (Å²) in [5.74, 6) is 0. The molecule has 1 N–H and O–H groups in total. The lowest BCUT2D eigenvalue weighted by Crippen LogP contribution is -2.57. The monoisotopic (exact) mass is 369 g/mol. The van der Waals surface area contributed by atoms with Gasteiger partial charge in [0.2, 0.25) is 10.0 Å². The van der Waals surface area contributed by atoms with Crippen LogP contribution in [0.3, 0.4) is 0 Å². The molecule has 1 aliphatic heterocycles. The van der Waals surface area contributed by atoms with Crippen molar-refractivity contribution in [2.75, 3.05) is 19.3 Å². The molecule has 0 radical (unpaired) electrons. The van der Waals surface area contributed by atoms with E-state index in [0.717, 1.165) is 12.5 Å². The predicted octanol–water partition coefficient (Wildman–Crippen LogP) is 0.278. The average Bonchev–Trinajstić information content (AvgIpc) is 2.41. The van der Waals surface area contributed by atoms with Crippen molar-refractivity contribution in [1.29, 1.82) is 0 Å². The molecule has 10 heteroatoms. The van der Waals surface area contributed by atoms with Gasteiger partial charge in [-0.05, 0) is 26.0 Å². The highest BCUT2D eigenvalue weighted by Crippen LogP contribution is 2.21. The summed E-state index contributed by atoms with van der Waals surface area (Å²) in [4.78, 5) is 3.76. The highest BCUT2D eigenvalue weighted by atomic mass is 35.5. The molecular weight excluding hydrogens is 350 g/mol. The summed E-state index contributed by atoms with van der Waals surface area (Å²) in [5, 5.41) is 3.08. The van der Waals surface area contributed by atoms with Crippen LogP contribution in [-0.2, 0) is 19.9 Å². The Kier molecular flexibility index (Phi) is 5.96. The molecule has 1 saturated heterocycles. The minimum absolute atomic E-state index is 0. The summed E-state index contributed by atoms with van der Waals surface area (Å²) in [5.41, 5.74) is 0. The van der Waals surface area contributed by atoms with Crippen molar-refractivity contribution < 1.29 is 16.8 Å². The number of pyridine rings is 1. The lowest BCUT2D eigenvalue weighted by atomic mass is 10.1. The van der Waals surface area contributed by atoms with Crippen molar-refractivity contribution in [3.8, 4) is 0 Å². The number of sulfonamides is 1. The second kappa shape index (κ2) is 6.79. The minimum atomic E-state index is -3.67. The van der Waals surface area contributed by atoms with E-state index in [1.165, 1.54) is 16.4 Å². The Morgan fingerprint density at radius 2 is 1.86 bits per heavy atom. The molecule has 2 unspecified atom stereocenters. The smallest absolute Gasteiger partial charge is 0.244 e. The first kappa shape index (κ1) is 19.3. The van der Waals surface area contributed by atoms with Crippen molar-refractivity contribution in [2.24, 2.45) is 0 Å². The van der Waals surface area contributed by atoms with E-state index in [4.69, 9.17) is 0 Å². The van der Waals surface area contributed by atoms with Crippen LogP contribution in [0, 0.1) is 0 Å². The zero-order valence-electron chi connectivity index (χ0n) is 12.6. The first-order chi connectivity index (χ1) is 9.64. The van der Waals surface area contributed by atoms with Crippen LogP contribution in [0.15, 0.2) is 28.3 Å². The lowest BCUT2D eigenvalue weighted by Gasteiger charge is -2.37. The van der Waals surface area contributed by atoms with Crippen molar-refractivity contribution in [3.05, 3.63) is 18.3 Å². The Bertz CT molecular complexity index is 719. The number of sulfone groups is 1. The largest absolute Gasteiger partial charge is 0.311 e. The van der Waals surface area contributed by atoms with Crippen LogP contribution in [0.1, 0.15) is 13.8 Å². The van der Waals surface area contributed by atoms with Crippen molar-refractivity contribution in [1.82, 2.24) is 14.6 Å². The molecule has 2 heterocycles. The van der Waals surface area contributed by atoms with Crippen LogP contribution in [0.5, 0.6) is 0 Å². The van der Waals surface area contributed by atoms with Crippen molar-refractivity contribution in [3.63, 3.8) is 0 Å². The zero-order valence-corrected chi connectivity index (χ0v) is 15.0. The van der Waals surface area contributed by atoms with Gasteiger partial charge in [-0.15, -0.1) is 12.4 Å². The van der Waals surface area contributed by atoms with Crippen LogP contribution in [0.25, 0.3) is 0 Å². The number of hydrogen-bond acceptors (Lipinski definition) is 6. The number of nitrogens with zero attached hydrogens (tertiary/aromatic N) is 2. The van der Waals surface area contributed by atoms with Gasteiger partial charge in [0.05, 0.1) is 0 Å². The topological polar surface area (TPSA) is 96.4 Å². The van der Waals surface area contributed by atoms with E-state index in [1.807, 2.05) is 13.8 Å². The van der Waals surface area contributed by atoms with Crippen LogP contribution >= 0.6 is 12.4 Å². The third-order valence-corrected chi connectivity index (χ3v) is 6.64. The zero-order chi connectivity index (χ0) is 15.8. The Morgan fingerprint density at radius 1 is 1.23 bits per heavy atom. The predicted molar refractivity (Wildman–Crippen MR) is 85.4 cm³/mol. The van der Waals surface area contributed by atoms with Crippen molar-refractivity contribution >= 4 is 32.3 Å². The third-order valence-electron chi connectivity index (χ3n) is 3.67. The Balaban J connectivity index is 0.00000242. The summed E-state index contributed by atoms with van der Waals surface area (Å²) in [6.07, 6.45) is 2.13. The average molecular weight is 370 g/mol. The standard InChI is InChI=1S/C12H19N3O4S2.ClH/c1-9-10(2)15(7-6-13-9)21(18,19)11-4-5-12(14-8-11)20(3,16)17;/h4-5,8-10,13H,6-7H2,1-3H3;1H. The second-order valence-electron chi connectivity index (χ2n) is 5.20. The summed E-state index contributed by atoms with van der Waals surface area (Å²) < 4.78 is 49.4. The van der Waals surface area contributed by atoms with E-state index in [9.17, 15) is 16.8 Å². The molecule has 7 nitrogen and oxygen atoms in total. The summed E-state index contributed by atoms with van der Waals surface area (Å²) in [6, 6.07) is 2.38. The molecule has 0 amide bonds. The molecule has 0 aliphatic carbocycles. The second-order valence-corrected chi connectivity index (χ2v) is 9.06. The fourth-order valence-electron chi connectivity index (χ4n) is 2.24. The molecule has 1 fully saturated rings. The maximum Gasteiger partial charge on any atom is 0.244 e. The van der Waals surface area contributed by atoms with Gasteiger partial charge < -0.3 is 5.32 Å². The van der Waals surface area contributed by atoms with Gasteiger partial charge in [0, 0.05) is 37.6 Å². The van der Waals surface area contributed by atoms with E-state index in [0.29, 0.717) is 13.1 Å². The van der Waals surface area contributed by atoms with Crippen LogP contribution < -0.4 is 5.32 Å². The highest BCUT2D eigenvalue weighted by Gasteiger charge is 2.34. The molecular formula is C12H20ClN3O4S2. The molecule has 1 aliphatic rings. The Morgan fingerprint density at radius 3 is 2.36 bits per heavy atom. The normalized spacial score (nSPS) is 23.8. The third kappa shape index (κ3) is 3.77. The number of halogens is 1. The number of rotatable bonds is 3. The molecule has 1 aromatic rings. The van der Waals surface area contributed by atoms with Crippen molar-refractivity contribution in [2.45, 2.75) is 35.9 Å². The van der Waals surface area contributed by atoms with Crippen LogP contribution in [0.2, 0.25) is 0 Å². The van der Waals surface area contributed by atoms with Gasteiger partial charge in [-0.2, -0.15) is 4.31 Å². The number of piperazine rings is 1. The summed E-state index contributed by atoms with van der Waals surface area (Å²) in [6.45, 7) is 4.73. The summed E-state index contributed by atoms with van der Waals surface area (Å²) in [7, 11) is -7.11. The fourth-order valence-corrected chi connectivity index (χ4v) is 4.45. The molecule has 0 spiro atoms. The van der Waals surface area contributed by atoms with Crippen LogP contribution in [0.4, 0.5) is 0 Å². The molecule has 2 atom stereocenters. The molecule has 1 aromatic heterocycles. The first-order valence-electron chi connectivity index (χ1n) is 6.55. The molecule has 126 valence electrons. The van der Waals surface area contributed by atoms with E-state index >= 15 is 0 Å². The maximum atomic E-state index is 12.6. The molecule has 0 bridgehead atoms. The summed E-state index contributed by atoms with van der Waals surface area (Å²) >= 11 is 0. The first-order valence-corrected chi connectivity index (χ1v) is 9.88. The number of aromatic nitrogens is 1. The molecule has 2 rings (SSSR count). The van der Waals surface area contributed by atoms with Gasteiger partial charge in [-0.25, -0.2) is 21.8 Å². The van der Waals surface area contributed by atoms with Gasteiger partial charge >= 0.3 is 0 Å². The minimum Gasteiger partial charge on any atom is -0.311 e. The van der Waals surface area contributed by atoms with E-state index < -0.39 is 19.9 Å². The van der Waals surface area contributed by atoms with E-state index in [-0.39, 0.29) is 34.4 Å². The van der Waals surface area contributed by atoms with E-state index in [1.54, 1.807) is 0 Å². The molecule has 0 aromatic carbocycles. The SMILES string of the molecule is CC1NCCN(S(=O)(=O)c2ccc(S(C)(=O)=O)nc2)C1C.Cl. The van der Waals surface area contributed by atoms with Gasteiger partial charge in [0.25, 0.3) is 0 Å². The molecule has 22 heavy (non-hydrogen) atoms. The Hall–Kier alpha value is -0.740. The van der Waals surface area contributed by atoms with Gasteiger partial charge in [-0.3, -0.25) is 0 Å². The highest BCUT2D eigenvalue weighted by molar-refractivity contribution is 7.90. The van der Waals surface area contributed by atoms with Gasteiger partial charge in [0.1, 0.15) is 4.90 Å². The fraction of sp³-hybridized carbons (Fsp3) is 0.583. The lowest BCUT2D eigenvalue weighted by molar-refractivity contribution is 0.233. The molecule has 0 saturated carbocycles. The van der Waals surface area contributed by atoms with Gasteiger partial charge in [-0.1, -0.05) is 0 Å². The maximum absolute atomic E-state index is 12.6. The quantitative estimate of drug-likeness (QED) is 0.821. The number of hydrogen-bond donors (Lipinski definition) is 1.